The lowest BCUT2D eigenvalue weighted by Gasteiger charge is -2.20. The fraction of sp³-hybridized carbons (Fsp3) is 0.500. The molecule has 0 N–H and O–H groups in total. The van der Waals surface area contributed by atoms with Gasteiger partial charge in [0.05, 0.1) is 23.6 Å². The Labute approximate surface area is 124 Å². The smallest absolute Gasteiger partial charge is 0.159 e. The van der Waals surface area contributed by atoms with Crippen LogP contribution in [-0.2, 0) is 15.6 Å². The van der Waals surface area contributed by atoms with Gasteiger partial charge in [-0.25, -0.2) is 8.42 Å². The molecule has 20 heavy (non-hydrogen) atoms. The lowest BCUT2D eigenvalue weighted by molar-refractivity contribution is 0.410. The largest absolute Gasteiger partial charge is 0.348 e. The van der Waals surface area contributed by atoms with Crippen molar-refractivity contribution >= 4 is 26.8 Å². The lowest BCUT2D eigenvalue weighted by atomic mass is 10.1. The molecule has 1 saturated heterocycles. The predicted octanol–water partition coefficient (Wildman–Crippen LogP) is 1.70. The van der Waals surface area contributed by atoms with Crippen LogP contribution in [0, 0.1) is 6.92 Å². The fourth-order valence-electron chi connectivity index (χ4n) is 2.73. The van der Waals surface area contributed by atoms with Crippen molar-refractivity contribution < 1.29 is 8.42 Å². The Morgan fingerprint density at radius 3 is 2.80 bits per heavy atom. The zero-order valence-corrected chi connectivity index (χ0v) is 13.2. The van der Waals surface area contributed by atoms with Crippen molar-refractivity contribution in [2.45, 2.75) is 24.8 Å². The number of nitrogens with zero attached hydrogens (tertiary/aromatic N) is 2. The van der Waals surface area contributed by atoms with Crippen molar-refractivity contribution in [2.75, 3.05) is 18.6 Å². The molecule has 0 bridgehead atoms. The van der Waals surface area contributed by atoms with Crippen LogP contribution in [0.4, 0.5) is 0 Å². The van der Waals surface area contributed by atoms with Crippen molar-refractivity contribution in [3.05, 3.63) is 35.4 Å². The lowest BCUT2D eigenvalue weighted by Crippen LogP contribution is -2.35. The van der Waals surface area contributed by atoms with E-state index in [4.69, 9.17) is 0 Å². The van der Waals surface area contributed by atoms with E-state index in [-0.39, 0.29) is 23.6 Å². The van der Waals surface area contributed by atoms with Gasteiger partial charge in [-0.1, -0.05) is 36.0 Å². The topological polar surface area (TPSA) is 49.7 Å². The number of rotatable bonds is 2. The highest BCUT2D eigenvalue weighted by Crippen LogP contribution is 2.31. The van der Waals surface area contributed by atoms with Crippen LogP contribution in [0.2, 0.25) is 0 Å². The highest BCUT2D eigenvalue weighted by atomic mass is 32.2. The van der Waals surface area contributed by atoms with Crippen LogP contribution in [0.3, 0.4) is 0 Å². The van der Waals surface area contributed by atoms with Gasteiger partial charge in [0, 0.05) is 12.8 Å². The third kappa shape index (κ3) is 2.59. The third-order valence-electron chi connectivity index (χ3n) is 3.99. The number of likely N-dealkylation sites (N-methyl/N-ethyl adjacent to an activating group) is 1. The van der Waals surface area contributed by atoms with Crippen molar-refractivity contribution in [1.29, 1.82) is 0 Å². The van der Waals surface area contributed by atoms with Crippen LogP contribution < -0.4 is 0 Å². The van der Waals surface area contributed by atoms with E-state index in [9.17, 15) is 8.42 Å². The summed E-state index contributed by atoms with van der Waals surface area (Å²) in [7, 11) is -0.940. The van der Waals surface area contributed by atoms with E-state index in [1.54, 1.807) is 11.8 Å². The van der Waals surface area contributed by atoms with Crippen LogP contribution >= 0.6 is 11.8 Å². The van der Waals surface area contributed by atoms with Crippen molar-refractivity contribution in [2.24, 2.45) is 4.99 Å². The van der Waals surface area contributed by atoms with Crippen LogP contribution in [-0.4, -0.2) is 49.1 Å². The molecule has 1 fully saturated rings. The Morgan fingerprint density at radius 1 is 1.35 bits per heavy atom. The van der Waals surface area contributed by atoms with Gasteiger partial charge in [0.15, 0.2) is 15.0 Å². The minimum atomic E-state index is -2.89. The molecule has 2 atom stereocenters. The SMILES string of the molecule is Cc1ccccc1CSC1=N[C@H]2CS(=O)(=O)C[C@@H]2N1C. The van der Waals surface area contributed by atoms with E-state index in [1.165, 1.54) is 11.1 Å². The monoisotopic (exact) mass is 310 g/mol. The number of amidine groups is 1. The molecular weight excluding hydrogens is 292 g/mol. The number of aliphatic imine (C=N–C) groups is 1. The van der Waals surface area contributed by atoms with E-state index in [0.29, 0.717) is 0 Å². The Balaban J connectivity index is 1.69. The summed E-state index contributed by atoms with van der Waals surface area (Å²) in [5.74, 6) is 1.32. The van der Waals surface area contributed by atoms with E-state index >= 15 is 0 Å². The standard InChI is InChI=1S/C14H18N2O2S2/c1-10-5-3-4-6-11(10)7-19-14-15-12-8-20(17,18)9-13(12)16(14)2/h3-6,12-13H,7-9H2,1-2H3/t12-,13-/m0/s1. The summed E-state index contributed by atoms with van der Waals surface area (Å²) in [6, 6.07) is 8.30. The number of hydrogen-bond donors (Lipinski definition) is 0. The fourth-order valence-corrected chi connectivity index (χ4v) is 5.81. The molecule has 3 rings (SSSR count). The maximum absolute atomic E-state index is 11.6. The first-order valence-corrected chi connectivity index (χ1v) is 9.45. The zero-order chi connectivity index (χ0) is 14.3. The molecule has 2 aliphatic heterocycles. The minimum absolute atomic E-state index is 0.0411. The second-order valence-corrected chi connectivity index (χ2v) is 8.55. The zero-order valence-electron chi connectivity index (χ0n) is 11.6. The van der Waals surface area contributed by atoms with Gasteiger partial charge in [-0.05, 0) is 18.1 Å². The van der Waals surface area contributed by atoms with Gasteiger partial charge in [0.25, 0.3) is 0 Å². The molecule has 0 spiro atoms. The molecule has 108 valence electrons. The van der Waals surface area contributed by atoms with E-state index in [1.807, 2.05) is 24.1 Å². The summed E-state index contributed by atoms with van der Waals surface area (Å²) in [6.07, 6.45) is 0. The number of aryl methyl sites for hydroxylation is 1. The number of benzene rings is 1. The average Bonchev–Trinajstić information content (AvgIpc) is 2.83. The molecule has 1 aromatic rings. The molecule has 0 amide bonds. The predicted molar refractivity (Wildman–Crippen MR) is 83.9 cm³/mol. The highest BCUT2D eigenvalue weighted by Gasteiger charge is 2.44. The molecule has 0 saturated carbocycles. The van der Waals surface area contributed by atoms with Crippen LogP contribution in [0.5, 0.6) is 0 Å². The summed E-state index contributed by atoms with van der Waals surface area (Å²) in [5.41, 5.74) is 2.59. The van der Waals surface area contributed by atoms with E-state index in [0.717, 1.165) is 10.9 Å². The molecule has 0 aromatic heterocycles. The van der Waals surface area contributed by atoms with Crippen molar-refractivity contribution in [3.63, 3.8) is 0 Å². The normalized spacial score (nSPS) is 27.5. The molecule has 0 unspecified atom stereocenters. The number of sulfone groups is 1. The van der Waals surface area contributed by atoms with Gasteiger partial charge in [0.2, 0.25) is 0 Å². The van der Waals surface area contributed by atoms with Gasteiger partial charge in [-0.15, -0.1) is 0 Å². The van der Waals surface area contributed by atoms with Gasteiger partial charge >= 0.3 is 0 Å². The first-order chi connectivity index (χ1) is 9.46. The van der Waals surface area contributed by atoms with Crippen molar-refractivity contribution in [1.82, 2.24) is 4.90 Å². The molecule has 4 nitrogen and oxygen atoms in total. The molecule has 2 heterocycles. The Kier molecular flexibility index (Phi) is 3.54. The van der Waals surface area contributed by atoms with Crippen molar-refractivity contribution in [3.8, 4) is 0 Å². The van der Waals surface area contributed by atoms with Crippen LogP contribution in [0.25, 0.3) is 0 Å². The summed E-state index contributed by atoms with van der Waals surface area (Å²) in [5, 5.41) is 0.971. The van der Waals surface area contributed by atoms with E-state index in [2.05, 4.69) is 24.0 Å². The quantitative estimate of drug-likeness (QED) is 0.834. The number of fused-ring (bicyclic) bond motifs is 1. The first kappa shape index (κ1) is 13.9. The molecule has 0 aliphatic carbocycles. The summed E-state index contributed by atoms with van der Waals surface area (Å²) in [6.45, 7) is 2.11. The average molecular weight is 310 g/mol. The Hall–Kier alpha value is -1.01. The van der Waals surface area contributed by atoms with Gasteiger partial charge in [-0.2, -0.15) is 0 Å². The van der Waals surface area contributed by atoms with Crippen LogP contribution in [0.1, 0.15) is 11.1 Å². The van der Waals surface area contributed by atoms with Gasteiger partial charge in [0.1, 0.15) is 0 Å². The second-order valence-electron chi connectivity index (χ2n) is 5.45. The molecule has 6 heteroatoms. The van der Waals surface area contributed by atoms with Gasteiger partial charge < -0.3 is 4.90 Å². The molecular formula is C14H18N2O2S2. The summed E-state index contributed by atoms with van der Waals surface area (Å²) >= 11 is 1.70. The molecule has 0 radical (unpaired) electrons. The maximum atomic E-state index is 11.6. The van der Waals surface area contributed by atoms with Gasteiger partial charge in [-0.3, -0.25) is 4.99 Å². The first-order valence-electron chi connectivity index (χ1n) is 6.65. The van der Waals surface area contributed by atoms with E-state index < -0.39 is 9.84 Å². The molecule has 1 aromatic carbocycles. The molecule has 2 aliphatic rings. The summed E-state index contributed by atoms with van der Waals surface area (Å²) < 4.78 is 23.2. The van der Waals surface area contributed by atoms with Crippen LogP contribution in [0.15, 0.2) is 29.3 Å². The second kappa shape index (κ2) is 5.07. The third-order valence-corrected chi connectivity index (χ3v) is 6.79. The maximum Gasteiger partial charge on any atom is 0.159 e. The number of thioether (sulfide) groups is 1. The number of hydrogen-bond acceptors (Lipinski definition) is 5. The summed E-state index contributed by atoms with van der Waals surface area (Å²) in [4.78, 5) is 6.64. The Morgan fingerprint density at radius 2 is 2.10 bits per heavy atom. The highest BCUT2D eigenvalue weighted by molar-refractivity contribution is 8.13. The Bertz CT molecular complexity index is 655. The minimum Gasteiger partial charge on any atom is -0.348 e.